The maximum atomic E-state index is 13.4. The van der Waals surface area contributed by atoms with Crippen LogP contribution < -0.4 is 5.11 Å². The van der Waals surface area contributed by atoms with Crippen LogP contribution in [0.15, 0.2) is 65.8 Å². The zero-order valence-electron chi connectivity index (χ0n) is 18.5. The van der Waals surface area contributed by atoms with Crippen molar-refractivity contribution < 1.29 is 14.6 Å². The minimum absolute atomic E-state index is 0.0753. The van der Waals surface area contributed by atoms with Gasteiger partial charge < -0.3 is 19.7 Å². The SMILES string of the molecule is C[C@@H]1CCCC[C@H](N=C([O-])OCc2ccccc2)C(=O)N1CCc1c[nH]c2ccccc12. The number of amides is 1. The summed E-state index contributed by atoms with van der Waals surface area (Å²) in [5, 5.41) is 13.5. The van der Waals surface area contributed by atoms with Gasteiger partial charge in [-0.15, -0.1) is 0 Å². The Bertz CT molecular complexity index is 1060. The van der Waals surface area contributed by atoms with Crippen molar-refractivity contribution >= 4 is 22.9 Å². The summed E-state index contributed by atoms with van der Waals surface area (Å²) in [6.45, 7) is 2.85. The third kappa shape index (κ3) is 5.31. The van der Waals surface area contributed by atoms with Gasteiger partial charge in [-0.1, -0.05) is 61.4 Å². The lowest BCUT2D eigenvalue weighted by Crippen LogP contribution is -2.46. The number of aliphatic imine (C=N–C) groups is 1. The number of ether oxygens (including phenoxy) is 1. The Hall–Kier alpha value is -3.28. The van der Waals surface area contributed by atoms with Crippen LogP contribution in [0.4, 0.5) is 0 Å². The van der Waals surface area contributed by atoms with Gasteiger partial charge >= 0.3 is 0 Å². The van der Waals surface area contributed by atoms with E-state index in [9.17, 15) is 9.90 Å². The first-order valence-corrected chi connectivity index (χ1v) is 11.4. The van der Waals surface area contributed by atoms with E-state index < -0.39 is 12.1 Å². The Kier molecular flexibility index (Phi) is 7.10. The van der Waals surface area contributed by atoms with Gasteiger partial charge in [-0.3, -0.25) is 9.79 Å². The van der Waals surface area contributed by atoms with Gasteiger partial charge in [0.2, 0.25) is 5.91 Å². The number of hydrogen-bond acceptors (Lipinski definition) is 4. The summed E-state index contributed by atoms with van der Waals surface area (Å²) in [6.07, 6.45) is 5.55. The number of hydrogen-bond donors (Lipinski definition) is 1. The molecule has 0 spiro atoms. The fourth-order valence-corrected chi connectivity index (χ4v) is 4.38. The third-order valence-corrected chi connectivity index (χ3v) is 6.21. The molecule has 4 rings (SSSR count). The van der Waals surface area contributed by atoms with Gasteiger partial charge in [0.1, 0.15) is 12.1 Å². The first-order valence-electron chi connectivity index (χ1n) is 11.4. The molecule has 1 aliphatic heterocycles. The molecule has 2 atom stereocenters. The van der Waals surface area contributed by atoms with E-state index >= 15 is 0 Å². The van der Waals surface area contributed by atoms with E-state index in [2.05, 4.69) is 29.0 Å². The first kappa shape index (κ1) is 21.9. The van der Waals surface area contributed by atoms with E-state index in [1.807, 2.05) is 53.6 Å². The van der Waals surface area contributed by atoms with E-state index in [1.165, 1.54) is 10.9 Å². The van der Waals surface area contributed by atoms with E-state index in [0.717, 1.165) is 36.8 Å². The molecule has 0 saturated carbocycles. The van der Waals surface area contributed by atoms with Crippen LogP contribution in [0.25, 0.3) is 10.9 Å². The van der Waals surface area contributed by atoms with E-state index in [-0.39, 0.29) is 18.6 Å². The largest absolute Gasteiger partial charge is 0.596 e. The predicted octanol–water partition coefficient (Wildman–Crippen LogP) is 3.80. The Morgan fingerprint density at radius 2 is 1.88 bits per heavy atom. The second kappa shape index (κ2) is 10.4. The van der Waals surface area contributed by atoms with Gasteiger partial charge in [-0.25, -0.2) is 0 Å². The number of para-hydroxylation sites is 1. The zero-order valence-corrected chi connectivity index (χ0v) is 18.5. The number of nitrogens with zero attached hydrogens (tertiary/aromatic N) is 2. The molecule has 1 aromatic heterocycles. The van der Waals surface area contributed by atoms with E-state index in [0.29, 0.717) is 13.0 Å². The van der Waals surface area contributed by atoms with Crippen LogP contribution in [0.5, 0.6) is 0 Å². The molecule has 1 amide bonds. The summed E-state index contributed by atoms with van der Waals surface area (Å²) in [5.41, 5.74) is 3.19. The molecule has 3 aromatic rings. The average Bonchev–Trinajstić information content (AvgIpc) is 3.23. The Morgan fingerprint density at radius 3 is 2.72 bits per heavy atom. The van der Waals surface area contributed by atoms with Crippen molar-refractivity contribution in [3.05, 3.63) is 71.9 Å². The number of benzene rings is 2. The van der Waals surface area contributed by atoms with Crippen molar-refractivity contribution in [1.29, 1.82) is 0 Å². The maximum absolute atomic E-state index is 13.4. The van der Waals surface area contributed by atoms with E-state index in [1.54, 1.807) is 0 Å². The first-order chi connectivity index (χ1) is 15.6. The standard InChI is InChI=1S/C26H31N3O3/c1-19-9-5-7-14-24(28-26(31)32-18-20-10-3-2-4-11-20)25(30)29(19)16-15-21-17-27-23-13-8-6-12-22(21)23/h2-4,6,8,10-13,17,19,24,27H,5,7,9,14-16,18H2,1H3,(H,28,31)/p-1/t19-,24+/m1/s1. The molecule has 1 fully saturated rings. The van der Waals surface area contributed by atoms with Crippen molar-refractivity contribution in [1.82, 2.24) is 9.88 Å². The second-order valence-corrected chi connectivity index (χ2v) is 8.46. The molecule has 6 heteroatoms. The average molecular weight is 433 g/mol. The van der Waals surface area contributed by atoms with Crippen molar-refractivity contribution in [3.63, 3.8) is 0 Å². The van der Waals surface area contributed by atoms with Crippen LogP contribution in [0.2, 0.25) is 0 Å². The summed E-state index contributed by atoms with van der Waals surface area (Å²) in [5.74, 6) is -0.0753. The number of rotatable bonds is 6. The third-order valence-electron chi connectivity index (χ3n) is 6.21. The number of H-pyrrole nitrogens is 1. The van der Waals surface area contributed by atoms with Crippen LogP contribution in [-0.2, 0) is 22.6 Å². The molecule has 32 heavy (non-hydrogen) atoms. The monoisotopic (exact) mass is 432 g/mol. The summed E-state index contributed by atoms with van der Waals surface area (Å²) in [4.78, 5) is 22.7. The molecule has 1 saturated heterocycles. The van der Waals surface area contributed by atoms with Crippen molar-refractivity contribution in [2.75, 3.05) is 6.54 Å². The maximum Gasteiger partial charge on any atom is 0.247 e. The smallest absolute Gasteiger partial charge is 0.247 e. The number of likely N-dealkylation sites (tertiary alicyclic amines) is 1. The number of aromatic nitrogens is 1. The lowest BCUT2D eigenvalue weighted by Gasteiger charge is -2.34. The van der Waals surface area contributed by atoms with Crippen molar-refractivity contribution in [3.8, 4) is 0 Å². The van der Waals surface area contributed by atoms with Gasteiger partial charge in [-0.2, -0.15) is 0 Å². The summed E-state index contributed by atoms with van der Waals surface area (Å²) in [7, 11) is 0. The number of aromatic amines is 1. The molecule has 0 aliphatic carbocycles. The predicted molar refractivity (Wildman–Crippen MR) is 124 cm³/mol. The molecule has 2 heterocycles. The highest BCUT2D eigenvalue weighted by molar-refractivity contribution is 5.85. The highest BCUT2D eigenvalue weighted by atomic mass is 16.6. The van der Waals surface area contributed by atoms with Gasteiger partial charge in [0.25, 0.3) is 0 Å². The van der Waals surface area contributed by atoms with E-state index in [4.69, 9.17) is 4.74 Å². The topological polar surface area (TPSA) is 80.8 Å². The fraction of sp³-hybridized carbons (Fsp3) is 0.385. The molecule has 1 N–H and O–H groups in total. The van der Waals surface area contributed by atoms with Gasteiger partial charge in [0, 0.05) is 36.3 Å². The highest BCUT2D eigenvalue weighted by Crippen LogP contribution is 2.23. The normalized spacial score (nSPS) is 20.2. The molecule has 6 nitrogen and oxygen atoms in total. The van der Waals surface area contributed by atoms with Crippen molar-refractivity contribution in [2.24, 2.45) is 4.99 Å². The zero-order chi connectivity index (χ0) is 22.3. The number of fused-ring (bicyclic) bond motifs is 1. The summed E-state index contributed by atoms with van der Waals surface area (Å²) in [6, 6.07) is 17.1. The lowest BCUT2D eigenvalue weighted by atomic mass is 9.99. The lowest BCUT2D eigenvalue weighted by molar-refractivity contribution is -0.252. The van der Waals surface area contributed by atoms with Crippen LogP contribution in [0.1, 0.15) is 43.7 Å². The molecule has 168 valence electrons. The fourth-order valence-electron chi connectivity index (χ4n) is 4.38. The van der Waals surface area contributed by atoms with Crippen LogP contribution >= 0.6 is 0 Å². The molecule has 0 unspecified atom stereocenters. The Labute approximate surface area is 188 Å². The molecule has 2 aromatic carbocycles. The van der Waals surface area contributed by atoms with Gasteiger partial charge in [0.15, 0.2) is 0 Å². The van der Waals surface area contributed by atoms with Crippen LogP contribution in [0, 0.1) is 0 Å². The number of carbonyl (C=O) groups excluding carboxylic acids is 1. The highest BCUT2D eigenvalue weighted by Gasteiger charge is 2.29. The quantitative estimate of drug-likeness (QED) is 0.475. The summed E-state index contributed by atoms with van der Waals surface area (Å²) < 4.78 is 5.30. The minimum Gasteiger partial charge on any atom is -0.596 e. The van der Waals surface area contributed by atoms with Crippen molar-refractivity contribution in [2.45, 2.75) is 57.7 Å². The van der Waals surface area contributed by atoms with Crippen LogP contribution in [0.3, 0.4) is 0 Å². The minimum atomic E-state index is -0.677. The molecular weight excluding hydrogens is 402 g/mol. The molecule has 1 aliphatic rings. The Balaban J connectivity index is 1.44. The number of carbonyl (C=O) groups is 1. The van der Waals surface area contributed by atoms with Gasteiger partial charge in [0.05, 0.1) is 0 Å². The Morgan fingerprint density at radius 1 is 1.12 bits per heavy atom. The molecule has 0 radical (unpaired) electrons. The molecular formula is C26H30N3O3-. The van der Waals surface area contributed by atoms with Gasteiger partial charge in [-0.05, 0) is 43.4 Å². The summed E-state index contributed by atoms with van der Waals surface area (Å²) >= 11 is 0. The van der Waals surface area contributed by atoms with Crippen LogP contribution in [-0.4, -0.2) is 40.5 Å². The number of nitrogens with one attached hydrogen (secondary N) is 1. The molecule has 0 bridgehead atoms. The second-order valence-electron chi connectivity index (χ2n) is 8.46.